The van der Waals surface area contributed by atoms with Crippen molar-refractivity contribution in [1.82, 2.24) is 5.32 Å². The van der Waals surface area contributed by atoms with Crippen LogP contribution >= 0.6 is 0 Å². The summed E-state index contributed by atoms with van der Waals surface area (Å²) in [6.07, 6.45) is 1.04. The molecule has 2 N–H and O–H groups in total. The molecule has 0 saturated carbocycles. The third kappa shape index (κ3) is 8.61. The predicted molar refractivity (Wildman–Crippen MR) is 166 cm³/mol. The third-order valence-electron chi connectivity index (χ3n) is 7.81. The van der Waals surface area contributed by atoms with Gasteiger partial charge in [0.25, 0.3) is 0 Å². The molecule has 2 heterocycles. The van der Waals surface area contributed by atoms with Crippen molar-refractivity contribution in [2.75, 3.05) is 71.7 Å². The van der Waals surface area contributed by atoms with Gasteiger partial charge in [-0.25, -0.2) is 0 Å². The van der Waals surface area contributed by atoms with E-state index in [9.17, 15) is 5.11 Å². The lowest BCUT2D eigenvalue weighted by Gasteiger charge is -2.36. The van der Waals surface area contributed by atoms with Crippen molar-refractivity contribution in [2.24, 2.45) is 0 Å². The van der Waals surface area contributed by atoms with Crippen LogP contribution in [0.25, 0.3) is 0 Å². The smallest absolute Gasteiger partial charge is 0.142 e. The molecular formula is C34H44N2O7. The summed E-state index contributed by atoms with van der Waals surface area (Å²) < 4.78 is 34.6. The van der Waals surface area contributed by atoms with Crippen LogP contribution in [0.5, 0.6) is 23.0 Å². The van der Waals surface area contributed by atoms with Crippen molar-refractivity contribution >= 4 is 5.69 Å². The molecule has 3 aromatic carbocycles. The number of rotatable bonds is 15. The number of nitrogens with one attached hydrogen (secondary N) is 1. The summed E-state index contributed by atoms with van der Waals surface area (Å²) in [5, 5.41) is 14.3. The largest absolute Gasteiger partial charge is 0.493 e. The second-order valence-corrected chi connectivity index (χ2v) is 10.9. The first-order valence-electron chi connectivity index (χ1n) is 15.1. The summed E-state index contributed by atoms with van der Waals surface area (Å²) in [7, 11) is 3.42. The molecule has 0 amide bonds. The standard InChI is InChI=1S/C34H44N2O7/c1-38-16-4-14-36-15-19-41-32-13-8-25(20-30(32)36)24-42-33-23-35-22-31(37)34(33)26-9-11-27(12-10-26)43-29-7-3-6-28(21-29)40-18-5-17-39-2/h3,6-13,20-21,31,33-35,37H,4-5,14-19,22-24H2,1-2H3/t31-,33+,34+/m1/s1. The summed E-state index contributed by atoms with van der Waals surface area (Å²) in [6.45, 7) is 6.07. The molecule has 0 radical (unpaired) electrons. The Morgan fingerprint density at radius 1 is 0.884 bits per heavy atom. The van der Waals surface area contributed by atoms with Crippen LogP contribution in [0.3, 0.4) is 0 Å². The molecule has 1 fully saturated rings. The number of fused-ring (bicyclic) bond motifs is 1. The van der Waals surface area contributed by atoms with E-state index >= 15 is 0 Å². The molecule has 9 nitrogen and oxygen atoms in total. The van der Waals surface area contributed by atoms with E-state index in [1.54, 1.807) is 14.2 Å². The van der Waals surface area contributed by atoms with Gasteiger partial charge in [-0.1, -0.05) is 24.3 Å². The summed E-state index contributed by atoms with van der Waals surface area (Å²) in [5.41, 5.74) is 3.19. The number of ether oxygens (including phenoxy) is 6. The minimum atomic E-state index is -0.564. The van der Waals surface area contributed by atoms with E-state index in [-0.39, 0.29) is 12.0 Å². The fraction of sp³-hybridized carbons (Fsp3) is 0.471. The molecule has 9 heteroatoms. The maximum atomic E-state index is 11.0. The summed E-state index contributed by atoms with van der Waals surface area (Å²) in [4.78, 5) is 2.35. The molecule has 0 aromatic heterocycles. The predicted octanol–water partition coefficient (Wildman–Crippen LogP) is 4.76. The zero-order valence-electron chi connectivity index (χ0n) is 25.2. The molecule has 5 rings (SSSR count). The number of hydrogen-bond donors (Lipinski definition) is 2. The normalized spacial score (nSPS) is 19.9. The Labute approximate surface area is 254 Å². The van der Waals surface area contributed by atoms with Gasteiger partial charge < -0.3 is 43.7 Å². The van der Waals surface area contributed by atoms with Crippen LogP contribution in [-0.4, -0.2) is 84.1 Å². The van der Waals surface area contributed by atoms with Crippen LogP contribution in [0.2, 0.25) is 0 Å². The number of piperidine rings is 1. The van der Waals surface area contributed by atoms with Crippen LogP contribution in [0.1, 0.15) is 29.9 Å². The fourth-order valence-corrected chi connectivity index (χ4v) is 5.63. The summed E-state index contributed by atoms with van der Waals surface area (Å²) in [5.74, 6) is 2.92. The first kappa shape index (κ1) is 31.1. The second kappa shape index (κ2) is 15.9. The van der Waals surface area contributed by atoms with E-state index in [1.807, 2.05) is 54.6 Å². The third-order valence-corrected chi connectivity index (χ3v) is 7.81. The first-order valence-corrected chi connectivity index (χ1v) is 15.1. The zero-order valence-corrected chi connectivity index (χ0v) is 25.2. The Balaban J connectivity index is 1.21. The minimum Gasteiger partial charge on any atom is -0.493 e. The van der Waals surface area contributed by atoms with Crippen LogP contribution in [0, 0.1) is 0 Å². The minimum absolute atomic E-state index is 0.161. The van der Waals surface area contributed by atoms with Crippen molar-refractivity contribution in [3.63, 3.8) is 0 Å². The van der Waals surface area contributed by atoms with Crippen LogP contribution < -0.4 is 24.4 Å². The molecule has 2 aliphatic heterocycles. The first-order chi connectivity index (χ1) is 21.1. The van der Waals surface area contributed by atoms with Crippen LogP contribution in [0.4, 0.5) is 5.69 Å². The number of aliphatic hydroxyl groups is 1. The zero-order chi connectivity index (χ0) is 29.9. The van der Waals surface area contributed by atoms with E-state index < -0.39 is 6.10 Å². The number of benzene rings is 3. The Morgan fingerprint density at radius 2 is 1.70 bits per heavy atom. The molecule has 0 bridgehead atoms. The van der Waals surface area contributed by atoms with Crippen molar-refractivity contribution in [3.05, 3.63) is 77.9 Å². The molecular weight excluding hydrogens is 548 g/mol. The molecule has 1 saturated heterocycles. The number of aliphatic hydroxyl groups excluding tert-OH is 1. The van der Waals surface area contributed by atoms with Crippen molar-refractivity contribution < 1.29 is 33.5 Å². The lowest BCUT2D eigenvalue weighted by Crippen LogP contribution is -2.49. The van der Waals surface area contributed by atoms with Crippen molar-refractivity contribution in [1.29, 1.82) is 0 Å². The summed E-state index contributed by atoms with van der Waals surface area (Å²) in [6, 6.07) is 21.8. The Kier molecular flexibility index (Phi) is 11.5. The number of methoxy groups -OCH3 is 2. The SMILES string of the molecule is COCCCOc1cccc(Oc2ccc([C@H]3[C@H](O)CNC[C@@H]3OCc3ccc4c(c3)N(CCCOC)CCO4)cc2)c1. The van der Waals surface area contributed by atoms with Crippen molar-refractivity contribution in [3.8, 4) is 23.0 Å². The maximum absolute atomic E-state index is 11.0. The van der Waals surface area contributed by atoms with Gasteiger partial charge >= 0.3 is 0 Å². The number of hydrogen-bond acceptors (Lipinski definition) is 9. The lowest BCUT2D eigenvalue weighted by molar-refractivity contribution is -0.0328. The number of anilines is 1. The average Bonchev–Trinajstić information content (AvgIpc) is 3.03. The molecule has 3 aromatic rings. The highest BCUT2D eigenvalue weighted by molar-refractivity contribution is 5.61. The van der Waals surface area contributed by atoms with Gasteiger partial charge in [-0.3, -0.25) is 0 Å². The molecule has 0 aliphatic carbocycles. The van der Waals surface area contributed by atoms with Gasteiger partial charge in [0.15, 0.2) is 0 Å². The highest BCUT2D eigenvalue weighted by Gasteiger charge is 2.34. The highest BCUT2D eigenvalue weighted by atomic mass is 16.5. The Bertz CT molecular complexity index is 1270. The van der Waals surface area contributed by atoms with E-state index in [0.717, 1.165) is 60.9 Å². The number of nitrogens with zero attached hydrogens (tertiary/aromatic N) is 1. The van der Waals surface area contributed by atoms with E-state index in [1.165, 1.54) is 0 Å². The summed E-state index contributed by atoms with van der Waals surface area (Å²) >= 11 is 0. The fourth-order valence-electron chi connectivity index (χ4n) is 5.63. The van der Waals surface area contributed by atoms with Crippen LogP contribution in [-0.2, 0) is 20.8 Å². The van der Waals surface area contributed by atoms with Crippen molar-refractivity contribution in [2.45, 2.75) is 37.6 Å². The van der Waals surface area contributed by atoms with Crippen LogP contribution in [0.15, 0.2) is 66.7 Å². The van der Waals surface area contributed by atoms with E-state index in [4.69, 9.17) is 28.4 Å². The molecule has 2 aliphatic rings. The maximum Gasteiger partial charge on any atom is 0.142 e. The van der Waals surface area contributed by atoms with Gasteiger partial charge in [0.2, 0.25) is 0 Å². The Hall–Kier alpha value is -3.34. The average molecular weight is 593 g/mol. The van der Waals surface area contributed by atoms with Gasteiger partial charge in [-0.05, 0) is 53.9 Å². The molecule has 43 heavy (non-hydrogen) atoms. The van der Waals surface area contributed by atoms with Gasteiger partial charge in [0.1, 0.15) is 29.6 Å². The van der Waals surface area contributed by atoms with E-state index in [0.29, 0.717) is 51.0 Å². The van der Waals surface area contributed by atoms with Gasteiger partial charge in [-0.15, -0.1) is 0 Å². The van der Waals surface area contributed by atoms with E-state index in [2.05, 4.69) is 22.3 Å². The second-order valence-electron chi connectivity index (χ2n) is 10.9. The topological polar surface area (TPSA) is 90.9 Å². The van der Waals surface area contributed by atoms with Gasteiger partial charge in [0, 0.05) is 65.5 Å². The number of β-amino-alcohol motifs (C(OH)–C–C–N with tert-alkyl or cyclic N) is 1. The van der Waals surface area contributed by atoms with Gasteiger partial charge in [0.05, 0.1) is 37.7 Å². The lowest BCUT2D eigenvalue weighted by atomic mass is 9.85. The molecule has 0 unspecified atom stereocenters. The Morgan fingerprint density at radius 3 is 2.53 bits per heavy atom. The quantitative estimate of drug-likeness (QED) is 0.242. The highest BCUT2D eigenvalue weighted by Crippen LogP contribution is 2.35. The molecule has 232 valence electrons. The van der Waals surface area contributed by atoms with Gasteiger partial charge in [-0.2, -0.15) is 0 Å². The monoisotopic (exact) mass is 592 g/mol. The molecule has 0 spiro atoms. The molecule has 3 atom stereocenters.